The first-order chi connectivity index (χ1) is 10.7. The van der Waals surface area contributed by atoms with Gasteiger partial charge in [0.1, 0.15) is 0 Å². The fourth-order valence-electron chi connectivity index (χ4n) is 4.39. The smallest absolute Gasteiger partial charge is 0.226 e. The number of halogens is 1. The van der Waals surface area contributed by atoms with Gasteiger partial charge < -0.3 is 10.6 Å². The molecule has 1 aromatic carbocycles. The molecule has 1 heterocycles. The first-order valence-corrected chi connectivity index (χ1v) is 8.81. The van der Waals surface area contributed by atoms with E-state index in [0.29, 0.717) is 17.9 Å². The molecule has 4 heteroatoms. The number of rotatable bonds is 4. The zero-order valence-electron chi connectivity index (χ0n) is 14.0. The third-order valence-corrected chi connectivity index (χ3v) is 5.54. The lowest BCUT2D eigenvalue weighted by Crippen LogP contribution is -2.42. The predicted molar refractivity (Wildman–Crippen MR) is 96.8 cm³/mol. The van der Waals surface area contributed by atoms with Gasteiger partial charge in [-0.2, -0.15) is 0 Å². The van der Waals surface area contributed by atoms with Crippen LogP contribution in [0.1, 0.15) is 56.9 Å². The highest BCUT2D eigenvalue weighted by Gasteiger charge is 2.39. The molecule has 2 N–H and O–H groups in total. The molecular weight excluding hydrogens is 308 g/mol. The molecule has 0 aromatic heterocycles. The van der Waals surface area contributed by atoms with Crippen molar-refractivity contribution < 1.29 is 4.79 Å². The van der Waals surface area contributed by atoms with Crippen molar-refractivity contribution in [1.29, 1.82) is 0 Å². The van der Waals surface area contributed by atoms with Crippen molar-refractivity contribution in [3.8, 4) is 0 Å². The molecule has 1 saturated carbocycles. The minimum Gasteiger partial charge on any atom is -0.339 e. The van der Waals surface area contributed by atoms with Gasteiger partial charge in [0.05, 0.1) is 0 Å². The molecule has 1 aliphatic heterocycles. The summed E-state index contributed by atoms with van der Waals surface area (Å²) in [7, 11) is 0. The highest BCUT2D eigenvalue weighted by Crippen LogP contribution is 2.36. The minimum atomic E-state index is 0. The molecule has 2 aliphatic rings. The predicted octanol–water partition coefficient (Wildman–Crippen LogP) is 3.72. The molecule has 1 amide bonds. The van der Waals surface area contributed by atoms with Crippen LogP contribution in [0.2, 0.25) is 0 Å². The third-order valence-electron chi connectivity index (χ3n) is 5.54. The second-order valence-corrected chi connectivity index (χ2v) is 6.94. The number of carbonyl (C=O) groups excluding carboxylic acids is 1. The van der Waals surface area contributed by atoms with Crippen LogP contribution in [0.5, 0.6) is 0 Å². The summed E-state index contributed by atoms with van der Waals surface area (Å²) in [5.41, 5.74) is 7.38. The lowest BCUT2D eigenvalue weighted by atomic mass is 9.87. The van der Waals surface area contributed by atoms with Crippen LogP contribution in [0.3, 0.4) is 0 Å². The second kappa shape index (κ2) is 8.16. The molecule has 0 bridgehead atoms. The van der Waals surface area contributed by atoms with Gasteiger partial charge >= 0.3 is 0 Å². The monoisotopic (exact) mass is 336 g/mol. The Morgan fingerprint density at radius 3 is 2.61 bits per heavy atom. The number of likely N-dealkylation sites (tertiary alicyclic amines) is 1. The van der Waals surface area contributed by atoms with Crippen molar-refractivity contribution in [2.45, 2.75) is 63.5 Å². The van der Waals surface area contributed by atoms with Gasteiger partial charge in [0, 0.05) is 30.5 Å². The van der Waals surface area contributed by atoms with Crippen molar-refractivity contribution in [1.82, 2.24) is 4.90 Å². The van der Waals surface area contributed by atoms with Crippen LogP contribution in [0.4, 0.5) is 0 Å². The Balaban J connectivity index is 0.00000192. The summed E-state index contributed by atoms with van der Waals surface area (Å²) in [5.74, 6) is 0.997. The Kier molecular flexibility index (Phi) is 6.49. The summed E-state index contributed by atoms with van der Waals surface area (Å²) in [6.07, 6.45) is 6.22. The Morgan fingerprint density at radius 1 is 1.26 bits per heavy atom. The maximum absolute atomic E-state index is 12.9. The van der Waals surface area contributed by atoms with Crippen LogP contribution >= 0.6 is 12.4 Å². The Hall–Kier alpha value is -1.06. The first kappa shape index (κ1) is 18.3. The molecule has 0 spiro atoms. The van der Waals surface area contributed by atoms with Gasteiger partial charge in [-0.05, 0) is 44.1 Å². The number of nitrogens with two attached hydrogens (primary N) is 1. The Labute approximate surface area is 146 Å². The highest BCUT2D eigenvalue weighted by atomic mass is 35.5. The van der Waals surface area contributed by atoms with E-state index in [4.69, 9.17) is 5.73 Å². The molecule has 0 radical (unpaired) electrons. The topological polar surface area (TPSA) is 46.3 Å². The van der Waals surface area contributed by atoms with Crippen molar-refractivity contribution >= 4 is 18.3 Å². The number of benzene rings is 1. The normalized spacial score (nSPS) is 28.4. The molecule has 3 nitrogen and oxygen atoms in total. The Morgan fingerprint density at radius 2 is 2.00 bits per heavy atom. The molecule has 1 aromatic rings. The molecule has 3 rings (SSSR count). The average Bonchev–Trinajstić information content (AvgIpc) is 3.18. The summed E-state index contributed by atoms with van der Waals surface area (Å²) >= 11 is 0. The average molecular weight is 337 g/mol. The number of carbonyl (C=O) groups is 1. The van der Waals surface area contributed by atoms with Crippen LogP contribution < -0.4 is 5.73 Å². The quantitative estimate of drug-likeness (QED) is 0.910. The van der Waals surface area contributed by atoms with Crippen LogP contribution in [-0.2, 0) is 4.79 Å². The zero-order valence-corrected chi connectivity index (χ0v) is 14.8. The summed E-state index contributed by atoms with van der Waals surface area (Å²) in [4.78, 5) is 15.1. The van der Waals surface area contributed by atoms with Gasteiger partial charge in [-0.1, -0.05) is 37.3 Å². The lowest BCUT2D eigenvalue weighted by Gasteiger charge is -2.33. The maximum atomic E-state index is 12.9. The van der Waals surface area contributed by atoms with E-state index in [0.717, 1.165) is 45.1 Å². The number of hydrogen-bond donors (Lipinski definition) is 1. The van der Waals surface area contributed by atoms with Crippen LogP contribution in [0.15, 0.2) is 30.3 Å². The standard InChI is InChI=1S/C19H28N2O.ClH/c1-2-17(14-7-4-3-5-8-14)18-9-6-12-21(18)19(22)15-10-11-16(20)13-15;/h3-5,7-8,15-18H,2,6,9-13,20H2,1H3;1H. The van der Waals surface area contributed by atoms with E-state index >= 15 is 0 Å². The van der Waals surface area contributed by atoms with Crippen molar-refractivity contribution in [3.63, 3.8) is 0 Å². The van der Waals surface area contributed by atoms with Gasteiger partial charge in [-0.3, -0.25) is 4.79 Å². The SMILES string of the molecule is CCC(c1ccccc1)C1CCCN1C(=O)C1CCC(N)C1.Cl. The summed E-state index contributed by atoms with van der Waals surface area (Å²) in [5, 5.41) is 0. The van der Waals surface area contributed by atoms with Crippen LogP contribution in [-0.4, -0.2) is 29.4 Å². The van der Waals surface area contributed by atoms with E-state index in [2.05, 4.69) is 42.2 Å². The number of amides is 1. The molecule has 2 fully saturated rings. The molecule has 23 heavy (non-hydrogen) atoms. The van der Waals surface area contributed by atoms with Crippen molar-refractivity contribution in [2.75, 3.05) is 6.54 Å². The number of hydrogen-bond acceptors (Lipinski definition) is 2. The van der Waals surface area contributed by atoms with Crippen LogP contribution in [0, 0.1) is 5.92 Å². The van der Waals surface area contributed by atoms with E-state index in [9.17, 15) is 4.79 Å². The zero-order chi connectivity index (χ0) is 15.5. The molecule has 128 valence electrons. The molecule has 4 unspecified atom stereocenters. The fourth-order valence-corrected chi connectivity index (χ4v) is 4.39. The largest absolute Gasteiger partial charge is 0.339 e. The fraction of sp³-hybridized carbons (Fsp3) is 0.632. The van der Waals surface area contributed by atoms with Gasteiger partial charge in [-0.25, -0.2) is 0 Å². The van der Waals surface area contributed by atoms with E-state index in [1.807, 2.05) is 0 Å². The van der Waals surface area contributed by atoms with Crippen LogP contribution in [0.25, 0.3) is 0 Å². The van der Waals surface area contributed by atoms with Gasteiger partial charge in [0.15, 0.2) is 0 Å². The van der Waals surface area contributed by atoms with Gasteiger partial charge in [0.2, 0.25) is 5.91 Å². The highest BCUT2D eigenvalue weighted by molar-refractivity contribution is 5.85. The van der Waals surface area contributed by atoms with E-state index in [1.54, 1.807) is 0 Å². The number of nitrogens with zero attached hydrogens (tertiary/aromatic N) is 1. The molecule has 4 atom stereocenters. The first-order valence-electron chi connectivity index (χ1n) is 8.81. The summed E-state index contributed by atoms with van der Waals surface area (Å²) in [6.45, 7) is 3.17. The van der Waals surface area contributed by atoms with Crippen molar-refractivity contribution in [3.05, 3.63) is 35.9 Å². The summed E-state index contributed by atoms with van der Waals surface area (Å²) < 4.78 is 0. The molecular formula is C19H29ClN2O. The molecule has 1 aliphatic carbocycles. The van der Waals surface area contributed by atoms with E-state index in [1.165, 1.54) is 5.56 Å². The maximum Gasteiger partial charge on any atom is 0.226 e. The third kappa shape index (κ3) is 3.89. The van der Waals surface area contributed by atoms with Gasteiger partial charge in [0.25, 0.3) is 0 Å². The van der Waals surface area contributed by atoms with Crippen molar-refractivity contribution in [2.24, 2.45) is 11.7 Å². The lowest BCUT2D eigenvalue weighted by molar-refractivity contribution is -0.136. The van der Waals surface area contributed by atoms with E-state index < -0.39 is 0 Å². The minimum absolute atomic E-state index is 0. The molecule has 1 saturated heterocycles. The van der Waals surface area contributed by atoms with Gasteiger partial charge in [-0.15, -0.1) is 12.4 Å². The summed E-state index contributed by atoms with van der Waals surface area (Å²) in [6, 6.07) is 11.3. The second-order valence-electron chi connectivity index (χ2n) is 6.94. The Bertz CT molecular complexity index is 507. The van der Waals surface area contributed by atoms with E-state index in [-0.39, 0.29) is 24.4 Å².